The molecule has 128 valence electrons. The highest BCUT2D eigenvalue weighted by atomic mass is 32.2. The molecule has 0 bridgehead atoms. The van der Waals surface area contributed by atoms with Crippen molar-refractivity contribution in [2.75, 3.05) is 14.2 Å². The van der Waals surface area contributed by atoms with Crippen LogP contribution in [0.25, 0.3) is 6.08 Å². The molecular weight excluding hydrogens is 350 g/mol. The maximum absolute atomic E-state index is 12.1. The molecule has 0 fully saturated rings. The van der Waals surface area contributed by atoms with Crippen LogP contribution >= 0.6 is 11.3 Å². The van der Waals surface area contributed by atoms with Gasteiger partial charge in [0.05, 0.1) is 14.2 Å². The van der Waals surface area contributed by atoms with Crippen LogP contribution in [0.4, 0.5) is 0 Å². The number of thiophene rings is 1. The third-order valence-corrected chi connectivity index (χ3v) is 5.91. The third-order valence-electron chi connectivity index (χ3n) is 3.07. The number of sulfonamides is 1. The molecule has 1 amide bonds. The molecule has 0 aliphatic heterocycles. The van der Waals surface area contributed by atoms with Crippen LogP contribution in [-0.2, 0) is 14.8 Å². The maximum Gasteiger partial charge on any atom is 0.273 e. The standard InChI is InChI=1S/C16H17NO5S2/c1-11-4-9-16(23-11)24(19,20)17-15(18)8-6-12-5-7-13(21-2)10-14(12)22-3/h4-10H,1-3H3,(H,17,18). The van der Waals surface area contributed by atoms with Crippen molar-refractivity contribution in [3.05, 3.63) is 46.8 Å². The van der Waals surface area contributed by atoms with Crippen molar-refractivity contribution < 1.29 is 22.7 Å². The SMILES string of the molecule is COc1ccc(C=CC(=O)NS(=O)(=O)c2ccc(C)s2)c(OC)c1. The molecule has 2 rings (SSSR count). The molecule has 24 heavy (non-hydrogen) atoms. The van der Waals surface area contributed by atoms with Crippen LogP contribution in [0.3, 0.4) is 0 Å². The molecule has 0 spiro atoms. The fourth-order valence-electron chi connectivity index (χ4n) is 1.89. The summed E-state index contributed by atoms with van der Waals surface area (Å²) in [4.78, 5) is 12.7. The van der Waals surface area contributed by atoms with Crippen molar-refractivity contribution in [2.24, 2.45) is 0 Å². The Bertz CT molecular complexity index is 868. The summed E-state index contributed by atoms with van der Waals surface area (Å²) >= 11 is 1.10. The quantitative estimate of drug-likeness (QED) is 0.794. The molecule has 1 aromatic heterocycles. The predicted octanol–water partition coefficient (Wildman–Crippen LogP) is 2.59. The Labute approximate surface area is 144 Å². The van der Waals surface area contributed by atoms with Gasteiger partial charge in [0.25, 0.3) is 15.9 Å². The Hall–Kier alpha value is -2.32. The summed E-state index contributed by atoms with van der Waals surface area (Å²) in [6.45, 7) is 1.79. The molecule has 0 saturated carbocycles. The van der Waals surface area contributed by atoms with Crippen LogP contribution in [0.15, 0.2) is 40.6 Å². The Balaban J connectivity index is 2.13. The molecule has 6 nitrogen and oxygen atoms in total. The second-order valence-corrected chi connectivity index (χ2v) is 7.97. The van der Waals surface area contributed by atoms with Gasteiger partial charge in [0.2, 0.25) is 0 Å². The number of amides is 1. The van der Waals surface area contributed by atoms with Gasteiger partial charge in [-0.15, -0.1) is 11.3 Å². The van der Waals surface area contributed by atoms with Gasteiger partial charge in [-0.2, -0.15) is 0 Å². The van der Waals surface area contributed by atoms with Crippen LogP contribution < -0.4 is 14.2 Å². The van der Waals surface area contributed by atoms with Gasteiger partial charge >= 0.3 is 0 Å². The molecule has 8 heteroatoms. The van der Waals surface area contributed by atoms with Crippen LogP contribution in [0.5, 0.6) is 11.5 Å². The first-order valence-corrected chi connectivity index (χ1v) is 9.19. The number of carbonyl (C=O) groups excluding carboxylic acids is 1. The lowest BCUT2D eigenvalue weighted by Gasteiger charge is -2.07. The zero-order valence-electron chi connectivity index (χ0n) is 13.4. The summed E-state index contributed by atoms with van der Waals surface area (Å²) in [5.41, 5.74) is 0.623. The average molecular weight is 367 g/mol. The molecule has 0 unspecified atom stereocenters. The van der Waals surface area contributed by atoms with Gasteiger partial charge in [0.1, 0.15) is 15.7 Å². The number of hydrogen-bond donors (Lipinski definition) is 1. The van der Waals surface area contributed by atoms with E-state index in [0.717, 1.165) is 22.3 Å². The largest absolute Gasteiger partial charge is 0.497 e. The van der Waals surface area contributed by atoms with Crippen molar-refractivity contribution in [1.29, 1.82) is 0 Å². The molecule has 1 heterocycles. The third kappa shape index (κ3) is 4.36. The maximum atomic E-state index is 12.1. The van der Waals surface area contributed by atoms with Crippen molar-refractivity contribution in [2.45, 2.75) is 11.1 Å². The van der Waals surface area contributed by atoms with Crippen LogP contribution in [-0.4, -0.2) is 28.5 Å². The number of carbonyl (C=O) groups is 1. The molecule has 2 aromatic rings. The Kier molecular flexibility index (Phi) is 5.63. The Morgan fingerprint density at radius 3 is 2.50 bits per heavy atom. The lowest BCUT2D eigenvalue weighted by Crippen LogP contribution is -2.28. The van der Waals surface area contributed by atoms with Crippen molar-refractivity contribution in [1.82, 2.24) is 4.72 Å². The van der Waals surface area contributed by atoms with Gasteiger partial charge < -0.3 is 9.47 Å². The first-order chi connectivity index (χ1) is 11.4. The molecule has 0 atom stereocenters. The normalized spacial score (nSPS) is 11.5. The monoisotopic (exact) mass is 367 g/mol. The minimum absolute atomic E-state index is 0.101. The van der Waals surface area contributed by atoms with Crippen molar-refractivity contribution >= 4 is 33.3 Å². The lowest BCUT2D eigenvalue weighted by atomic mass is 10.1. The van der Waals surface area contributed by atoms with Crippen molar-refractivity contribution in [3.8, 4) is 11.5 Å². The fourth-order valence-corrected chi connectivity index (χ4v) is 4.12. The van der Waals surface area contributed by atoms with Crippen LogP contribution in [0.1, 0.15) is 10.4 Å². The van der Waals surface area contributed by atoms with Gasteiger partial charge in [-0.1, -0.05) is 0 Å². The highest BCUT2D eigenvalue weighted by Crippen LogP contribution is 2.25. The number of rotatable bonds is 6. The first-order valence-electron chi connectivity index (χ1n) is 6.89. The number of nitrogens with one attached hydrogen (secondary N) is 1. The van der Waals surface area contributed by atoms with E-state index in [1.807, 2.05) is 4.72 Å². The fraction of sp³-hybridized carbons (Fsp3) is 0.188. The van der Waals surface area contributed by atoms with Gasteiger partial charge in [-0.3, -0.25) is 4.79 Å². The second kappa shape index (κ2) is 7.50. The van der Waals surface area contributed by atoms with Crippen molar-refractivity contribution in [3.63, 3.8) is 0 Å². The van der Waals surface area contributed by atoms with E-state index in [0.29, 0.717) is 17.1 Å². The van der Waals surface area contributed by atoms with Gasteiger partial charge in [-0.05, 0) is 37.3 Å². The summed E-state index contributed by atoms with van der Waals surface area (Å²) < 4.78 is 36.6. The van der Waals surface area contributed by atoms with E-state index in [1.54, 1.807) is 31.2 Å². The smallest absolute Gasteiger partial charge is 0.273 e. The number of hydrogen-bond acceptors (Lipinski definition) is 6. The first kappa shape index (κ1) is 18.0. The molecule has 0 radical (unpaired) electrons. The predicted molar refractivity (Wildman–Crippen MR) is 93.0 cm³/mol. The van der Waals surface area contributed by atoms with Gasteiger partial charge in [0, 0.05) is 22.6 Å². The summed E-state index contributed by atoms with van der Waals surface area (Å²) in [5, 5.41) is 0. The van der Waals surface area contributed by atoms with Crippen LogP contribution in [0, 0.1) is 6.92 Å². The van der Waals surface area contributed by atoms with E-state index in [4.69, 9.17) is 9.47 Å². The Morgan fingerprint density at radius 1 is 1.17 bits per heavy atom. The summed E-state index contributed by atoms with van der Waals surface area (Å²) in [6, 6.07) is 8.24. The topological polar surface area (TPSA) is 81.7 Å². The van der Waals surface area contributed by atoms with E-state index < -0.39 is 15.9 Å². The van der Waals surface area contributed by atoms with E-state index >= 15 is 0 Å². The number of methoxy groups -OCH3 is 2. The number of benzene rings is 1. The Morgan fingerprint density at radius 2 is 1.92 bits per heavy atom. The van der Waals surface area contributed by atoms with E-state index in [9.17, 15) is 13.2 Å². The van der Waals surface area contributed by atoms with Crippen LogP contribution in [0.2, 0.25) is 0 Å². The summed E-state index contributed by atoms with van der Waals surface area (Å²) in [7, 11) is -0.821. The van der Waals surface area contributed by atoms with Gasteiger partial charge in [-0.25, -0.2) is 13.1 Å². The molecular formula is C16H17NO5S2. The number of aryl methyl sites for hydroxylation is 1. The molecule has 0 aliphatic carbocycles. The van der Waals surface area contributed by atoms with E-state index in [1.165, 1.54) is 26.4 Å². The lowest BCUT2D eigenvalue weighted by molar-refractivity contribution is -0.114. The minimum atomic E-state index is -3.85. The molecule has 0 saturated heterocycles. The number of ether oxygens (including phenoxy) is 2. The average Bonchev–Trinajstić information content (AvgIpc) is 2.99. The zero-order chi connectivity index (χ0) is 17.7. The van der Waals surface area contributed by atoms with E-state index in [-0.39, 0.29) is 4.21 Å². The van der Waals surface area contributed by atoms with Gasteiger partial charge in [0.15, 0.2) is 0 Å². The highest BCUT2D eigenvalue weighted by Gasteiger charge is 2.18. The summed E-state index contributed by atoms with van der Waals surface area (Å²) in [6.07, 6.45) is 2.62. The zero-order valence-corrected chi connectivity index (χ0v) is 15.0. The second-order valence-electron chi connectivity index (χ2n) is 4.78. The summed E-state index contributed by atoms with van der Waals surface area (Å²) in [5.74, 6) is 0.387. The minimum Gasteiger partial charge on any atom is -0.497 e. The molecule has 0 aliphatic rings. The molecule has 1 N–H and O–H groups in total. The molecule has 1 aromatic carbocycles. The van der Waals surface area contributed by atoms with E-state index in [2.05, 4.69) is 0 Å². The highest BCUT2D eigenvalue weighted by molar-refractivity contribution is 7.92.